The first-order valence-corrected chi connectivity index (χ1v) is 7.91. The van der Waals surface area contributed by atoms with Crippen LogP contribution in [0.15, 0.2) is 75.6 Å². The maximum absolute atomic E-state index is 6.26. The number of pyridine rings is 1. The van der Waals surface area contributed by atoms with E-state index in [0.29, 0.717) is 0 Å². The van der Waals surface area contributed by atoms with Crippen LogP contribution in [-0.2, 0) is 0 Å². The molecule has 0 amide bonds. The van der Waals surface area contributed by atoms with E-state index in [1.165, 1.54) is 0 Å². The average molecular weight is 309 g/mol. The average Bonchev–Trinajstić information content (AvgIpc) is 2.94. The zero-order chi connectivity index (χ0) is 15.7. The van der Waals surface area contributed by atoms with Crippen molar-refractivity contribution in [2.75, 3.05) is 0 Å². The summed E-state index contributed by atoms with van der Waals surface area (Å²) in [6, 6.07) is 22.2. The number of hydrogen-bond acceptors (Lipinski definition) is 3. The lowest BCUT2D eigenvalue weighted by molar-refractivity contribution is 0.656. The standard InChI is InChI=1S/C21H11NO2/c1-2-7-14-12(5-1)11-18-21(22-14)13-6-3-8-15-19(13)20-16(23-15)9-4-10-17(20)24-18/h1-11H. The molecule has 3 aromatic carbocycles. The number of para-hydroxylation sites is 1. The smallest absolute Gasteiger partial charge is 0.154 e. The molecule has 24 heavy (non-hydrogen) atoms. The minimum Gasteiger partial charge on any atom is -0.456 e. The molecule has 3 nitrogen and oxygen atoms in total. The largest absolute Gasteiger partial charge is 0.456 e. The maximum atomic E-state index is 6.26. The summed E-state index contributed by atoms with van der Waals surface area (Å²) in [5, 5.41) is 4.22. The molecule has 0 fully saturated rings. The Hall–Kier alpha value is -3.33. The summed E-state index contributed by atoms with van der Waals surface area (Å²) in [6.45, 7) is 0. The van der Waals surface area contributed by atoms with E-state index >= 15 is 0 Å². The third-order valence-electron chi connectivity index (χ3n) is 4.65. The Morgan fingerprint density at radius 3 is 2.21 bits per heavy atom. The van der Waals surface area contributed by atoms with Gasteiger partial charge in [0.15, 0.2) is 5.58 Å². The van der Waals surface area contributed by atoms with Gasteiger partial charge in [0.25, 0.3) is 0 Å². The van der Waals surface area contributed by atoms with Gasteiger partial charge in [-0.25, -0.2) is 4.98 Å². The van der Waals surface area contributed by atoms with Gasteiger partial charge >= 0.3 is 0 Å². The summed E-state index contributed by atoms with van der Waals surface area (Å²) < 4.78 is 12.3. The highest BCUT2D eigenvalue weighted by Gasteiger charge is 2.16. The van der Waals surface area contributed by atoms with E-state index in [4.69, 9.17) is 13.8 Å². The van der Waals surface area contributed by atoms with E-state index in [1.807, 2.05) is 48.5 Å². The molecule has 3 aromatic heterocycles. The number of furan rings is 1. The number of aromatic nitrogens is 1. The zero-order valence-corrected chi connectivity index (χ0v) is 12.6. The van der Waals surface area contributed by atoms with Gasteiger partial charge in [-0.2, -0.15) is 0 Å². The van der Waals surface area contributed by atoms with E-state index in [2.05, 4.69) is 18.2 Å². The van der Waals surface area contributed by atoms with Gasteiger partial charge in [-0.05, 0) is 30.3 Å². The topological polar surface area (TPSA) is 39.2 Å². The van der Waals surface area contributed by atoms with Crippen LogP contribution in [0.4, 0.5) is 0 Å². The second kappa shape index (κ2) is 4.15. The van der Waals surface area contributed by atoms with Crippen molar-refractivity contribution >= 4 is 54.9 Å². The molecule has 6 rings (SSSR count). The maximum Gasteiger partial charge on any atom is 0.154 e. The lowest BCUT2D eigenvalue weighted by atomic mass is 10.1. The molecule has 0 saturated carbocycles. The van der Waals surface area contributed by atoms with Crippen LogP contribution in [0.2, 0.25) is 0 Å². The summed E-state index contributed by atoms with van der Waals surface area (Å²) in [5.74, 6) is 0. The van der Waals surface area contributed by atoms with Crippen LogP contribution in [0.1, 0.15) is 0 Å². The highest BCUT2D eigenvalue weighted by Crippen LogP contribution is 2.39. The summed E-state index contributed by atoms with van der Waals surface area (Å²) in [5.41, 5.74) is 5.12. The molecule has 6 aromatic rings. The van der Waals surface area contributed by atoms with E-state index in [1.54, 1.807) is 0 Å². The summed E-state index contributed by atoms with van der Waals surface area (Å²) in [4.78, 5) is 4.88. The molecule has 0 atom stereocenters. The highest BCUT2D eigenvalue weighted by molar-refractivity contribution is 6.24. The van der Waals surface area contributed by atoms with Crippen LogP contribution in [0, 0.1) is 0 Å². The van der Waals surface area contributed by atoms with Crippen molar-refractivity contribution in [2.45, 2.75) is 0 Å². The molecule has 112 valence electrons. The van der Waals surface area contributed by atoms with Gasteiger partial charge in [-0.3, -0.25) is 0 Å². The Bertz CT molecular complexity index is 1410. The van der Waals surface area contributed by atoms with Gasteiger partial charge in [-0.15, -0.1) is 0 Å². The first-order chi connectivity index (χ1) is 11.9. The van der Waals surface area contributed by atoms with Crippen LogP contribution in [0.3, 0.4) is 0 Å². The molecular formula is C21H11NO2. The molecule has 0 aliphatic carbocycles. The van der Waals surface area contributed by atoms with Crippen molar-refractivity contribution in [1.82, 2.24) is 4.98 Å². The zero-order valence-electron chi connectivity index (χ0n) is 12.6. The number of hydrogen-bond donors (Lipinski definition) is 0. The minimum absolute atomic E-state index is 0.782. The summed E-state index contributed by atoms with van der Waals surface area (Å²) >= 11 is 0. The summed E-state index contributed by atoms with van der Waals surface area (Å²) in [6.07, 6.45) is 0. The molecule has 0 unspecified atom stereocenters. The van der Waals surface area contributed by atoms with E-state index in [0.717, 1.165) is 54.9 Å². The van der Waals surface area contributed by atoms with Gasteiger partial charge in [0, 0.05) is 16.2 Å². The molecular weight excluding hydrogens is 298 g/mol. The molecule has 0 radical (unpaired) electrons. The first kappa shape index (κ1) is 12.1. The Labute approximate surface area is 136 Å². The predicted molar refractivity (Wildman–Crippen MR) is 96.3 cm³/mol. The Morgan fingerprint density at radius 1 is 0.625 bits per heavy atom. The van der Waals surface area contributed by atoms with Gasteiger partial charge in [0.2, 0.25) is 0 Å². The molecule has 0 saturated heterocycles. The van der Waals surface area contributed by atoms with Crippen molar-refractivity contribution < 1.29 is 8.83 Å². The van der Waals surface area contributed by atoms with Crippen LogP contribution in [-0.4, -0.2) is 4.98 Å². The minimum atomic E-state index is 0.782. The van der Waals surface area contributed by atoms with Crippen molar-refractivity contribution in [3.8, 4) is 0 Å². The van der Waals surface area contributed by atoms with Crippen LogP contribution in [0.25, 0.3) is 54.9 Å². The Kier molecular flexibility index (Phi) is 2.10. The molecule has 3 heterocycles. The van der Waals surface area contributed by atoms with Crippen molar-refractivity contribution in [1.29, 1.82) is 0 Å². The highest BCUT2D eigenvalue weighted by atomic mass is 16.3. The van der Waals surface area contributed by atoms with E-state index < -0.39 is 0 Å². The van der Waals surface area contributed by atoms with Crippen molar-refractivity contribution in [3.63, 3.8) is 0 Å². The number of benzene rings is 3. The monoisotopic (exact) mass is 309 g/mol. The third kappa shape index (κ3) is 1.44. The normalized spacial score (nSPS) is 12.2. The lowest BCUT2D eigenvalue weighted by Gasteiger charge is -2.00. The molecule has 0 N–H and O–H groups in total. The second-order valence-corrected chi connectivity index (χ2v) is 6.04. The molecule has 0 aliphatic rings. The third-order valence-corrected chi connectivity index (χ3v) is 4.65. The van der Waals surface area contributed by atoms with Gasteiger partial charge in [-0.1, -0.05) is 36.4 Å². The van der Waals surface area contributed by atoms with Crippen molar-refractivity contribution in [2.24, 2.45) is 0 Å². The van der Waals surface area contributed by atoms with Crippen molar-refractivity contribution in [3.05, 3.63) is 66.7 Å². The fraction of sp³-hybridized carbons (Fsp3) is 0. The second-order valence-electron chi connectivity index (χ2n) is 6.04. The van der Waals surface area contributed by atoms with Crippen LogP contribution in [0.5, 0.6) is 0 Å². The lowest BCUT2D eigenvalue weighted by Crippen LogP contribution is -1.81. The summed E-state index contributed by atoms with van der Waals surface area (Å²) in [7, 11) is 0. The quantitative estimate of drug-likeness (QED) is 0.344. The fourth-order valence-corrected chi connectivity index (χ4v) is 3.60. The molecule has 0 bridgehead atoms. The fourth-order valence-electron chi connectivity index (χ4n) is 3.60. The molecule has 0 aliphatic heterocycles. The Morgan fingerprint density at radius 2 is 1.33 bits per heavy atom. The predicted octanol–water partition coefficient (Wildman–Crippen LogP) is 6.03. The first-order valence-electron chi connectivity index (χ1n) is 7.91. The van der Waals surface area contributed by atoms with Gasteiger partial charge in [0.05, 0.1) is 10.9 Å². The van der Waals surface area contributed by atoms with E-state index in [-0.39, 0.29) is 0 Å². The van der Waals surface area contributed by atoms with Crippen LogP contribution < -0.4 is 0 Å². The SMILES string of the molecule is c1ccc2nc3c(cc2c1)oc1cccc2oc4cccc3c4c12. The Balaban J connectivity index is 2.04. The van der Waals surface area contributed by atoms with E-state index in [9.17, 15) is 0 Å². The van der Waals surface area contributed by atoms with Gasteiger partial charge < -0.3 is 8.83 Å². The molecule has 3 heteroatoms. The molecule has 0 spiro atoms. The van der Waals surface area contributed by atoms with Gasteiger partial charge in [0.1, 0.15) is 22.3 Å². The number of fused-ring (bicyclic) bond motifs is 3. The number of nitrogens with zero attached hydrogens (tertiary/aromatic N) is 1. The number of rotatable bonds is 0. The van der Waals surface area contributed by atoms with Crippen LogP contribution >= 0.6 is 0 Å².